The monoisotopic (exact) mass is 316 g/mol. The van der Waals surface area contributed by atoms with Gasteiger partial charge in [0.15, 0.2) is 0 Å². The third-order valence-corrected chi connectivity index (χ3v) is 3.45. The highest BCUT2D eigenvalue weighted by Crippen LogP contribution is 2.21. The lowest BCUT2D eigenvalue weighted by Crippen LogP contribution is -2.20. The van der Waals surface area contributed by atoms with E-state index in [2.05, 4.69) is 10.5 Å². The topological polar surface area (TPSA) is 61.7 Å². The highest BCUT2D eigenvalue weighted by atomic mass is 35.5. The van der Waals surface area contributed by atoms with Crippen molar-refractivity contribution in [3.8, 4) is 5.75 Å². The van der Waals surface area contributed by atoms with Gasteiger partial charge in [-0.2, -0.15) is 5.10 Å². The quantitative estimate of drug-likeness (QED) is 0.664. The Morgan fingerprint density at radius 3 is 2.55 bits per heavy atom. The van der Waals surface area contributed by atoms with E-state index in [9.17, 15) is 9.90 Å². The van der Waals surface area contributed by atoms with Crippen molar-refractivity contribution in [3.63, 3.8) is 0 Å². The molecule has 0 aliphatic rings. The zero-order valence-corrected chi connectivity index (χ0v) is 13.2. The van der Waals surface area contributed by atoms with E-state index in [1.165, 1.54) is 18.2 Å². The van der Waals surface area contributed by atoms with E-state index in [-0.39, 0.29) is 11.3 Å². The summed E-state index contributed by atoms with van der Waals surface area (Å²) in [6, 6.07) is 12.2. The number of aromatic hydroxyl groups is 1. The average molecular weight is 317 g/mol. The highest BCUT2D eigenvalue weighted by Gasteiger charge is 2.11. The number of hydrogen-bond donors (Lipinski definition) is 2. The van der Waals surface area contributed by atoms with Gasteiger partial charge >= 0.3 is 0 Å². The Balaban J connectivity index is 2.19. The molecule has 0 aliphatic carbocycles. The van der Waals surface area contributed by atoms with Gasteiger partial charge in [-0.1, -0.05) is 48.4 Å². The van der Waals surface area contributed by atoms with Gasteiger partial charge in [-0.3, -0.25) is 4.79 Å². The second kappa shape index (κ2) is 7.09. The molecular weight excluding hydrogens is 300 g/mol. The van der Waals surface area contributed by atoms with Crippen LogP contribution in [-0.2, 0) is 0 Å². The largest absolute Gasteiger partial charge is 0.507 e. The number of carbonyl (C=O) groups is 1. The SMILES string of the molecule is CC/C(=N\NC(=O)c1cc(Cl)ccc1O)c1ccc(C)cc1. The van der Waals surface area contributed by atoms with Crippen molar-refractivity contribution >= 4 is 23.2 Å². The van der Waals surface area contributed by atoms with Crippen molar-refractivity contribution in [2.75, 3.05) is 0 Å². The van der Waals surface area contributed by atoms with Crippen LogP contribution in [0.3, 0.4) is 0 Å². The first-order valence-electron chi connectivity index (χ1n) is 6.93. The van der Waals surface area contributed by atoms with Gasteiger partial charge < -0.3 is 5.11 Å². The molecule has 4 nitrogen and oxygen atoms in total. The van der Waals surface area contributed by atoms with E-state index >= 15 is 0 Å². The summed E-state index contributed by atoms with van der Waals surface area (Å²) in [4.78, 5) is 12.1. The van der Waals surface area contributed by atoms with Crippen molar-refractivity contribution in [1.82, 2.24) is 5.43 Å². The maximum atomic E-state index is 12.1. The first kappa shape index (κ1) is 16.0. The standard InChI is InChI=1S/C17H17ClN2O2/c1-3-15(12-6-4-11(2)5-7-12)19-20-17(22)14-10-13(18)8-9-16(14)21/h4-10,21H,3H2,1-2H3,(H,20,22)/b19-15+. The van der Waals surface area contributed by atoms with E-state index in [4.69, 9.17) is 11.6 Å². The summed E-state index contributed by atoms with van der Waals surface area (Å²) in [6.07, 6.45) is 0.671. The maximum absolute atomic E-state index is 12.1. The second-order valence-electron chi connectivity index (χ2n) is 4.88. The van der Waals surface area contributed by atoms with Crippen LogP contribution in [0, 0.1) is 6.92 Å². The molecule has 0 saturated carbocycles. The summed E-state index contributed by atoms with van der Waals surface area (Å²) in [5.41, 5.74) is 5.42. The first-order chi connectivity index (χ1) is 10.5. The van der Waals surface area contributed by atoms with Gasteiger partial charge in [0.1, 0.15) is 5.75 Å². The van der Waals surface area contributed by atoms with Crippen LogP contribution in [0.25, 0.3) is 0 Å². The van der Waals surface area contributed by atoms with Crippen molar-refractivity contribution in [2.45, 2.75) is 20.3 Å². The molecule has 0 fully saturated rings. The van der Waals surface area contributed by atoms with Gasteiger partial charge in [0.25, 0.3) is 5.91 Å². The smallest absolute Gasteiger partial charge is 0.275 e. The predicted molar refractivity (Wildman–Crippen MR) is 88.6 cm³/mol. The van der Waals surface area contributed by atoms with Crippen molar-refractivity contribution < 1.29 is 9.90 Å². The highest BCUT2D eigenvalue weighted by molar-refractivity contribution is 6.31. The van der Waals surface area contributed by atoms with E-state index in [1.807, 2.05) is 38.1 Å². The second-order valence-corrected chi connectivity index (χ2v) is 5.32. The Bertz CT molecular complexity index is 709. The Morgan fingerprint density at radius 2 is 1.91 bits per heavy atom. The summed E-state index contributed by atoms with van der Waals surface area (Å²) < 4.78 is 0. The van der Waals surface area contributed by atoms with Crippen molar-refractivity contribution in [3.05, 3.63) is 64.2 Å². The lowest BCUT2D eigenvalue weighted by atomic mass is 10.1. The Hall–Kier alpha value is -2.33. The summed E-state index contributed by atoms with van der Waals surface area (Å²) in [7, 11) is 0. The van der Waals surface area contributed by atoms with E-state index in [0.29, 0.717) is 11.4 Å². The number of nitrogens with one attached hydrogen (secondary N) is 1. The summed E-state index contributed by atoms with van der Waals surface area (Å²) in [5.74, 6) is -0.636. The number of benzene rings is 2. The maximum Gasteiger partial charge on any atom is 0.275 e. The Kier molecular flexibility index (Phi) is 5.17. The molecule has 1 amide bonds. The lowest BCUT2D eigenvalue weighted by molar-refractivity contribution is 0.0952. The number of phenolic OH excluding ortho intramolecular Hbond substituents is 1. The molecule has 2 rings (SSSR count). The molecule has 0 aliphatic heterocycles. The minimum Gasteiger partial charge on any atom is -0.507 e. The van der Waals surface area contributed by atoms with E-state index in [0.717, 1.165) is 16.8 Å². The fourth-order valence-electron chi connectivity index (χ4n) is 1.96. The van der Waals surface area contributed by atoms with Gasteiger partial charge in [-0.25, -0.2) is 5.43 Å². The number of nitrogens with zero attached hydrogens (tertiary/aromatic N) is 1. The van der Waals surface area contributed by atoms with Gasteiger partial charge in [-0.15, -0.1) is 0 Å². The minimum atomic E-state index is -0.502. The molecule has 0 saturated heterocycles. The number of phenols is 1. The minimum absolute atomic E-state index is 0.0932. The molecule has 0 heterocycles. The number of carbonyl (C=O) groups excluding carboxylic acids is 1. The summed E-state index contributed by atoms with van der Waals surface area (Å²) in [6.45, 7) is 3.97. The summed E-state index contributed by atoms with van der Waals surface area (Å²) >= 11 is 5.83. The Morgan fingerprint density at radius 1 is 1.23 bits per heavy atom. The predicted octanol–water partition coefficient (Wildman–Crippen LogP) is 3.90. The van der Waals surface area contributed by atoms with Gasteiger partial charge in [-0.05, 0) is 37.1 Å². The molecule has 0 aromatic heterocycles. The molecule has 22 heavy (non-hydrogen) atoms. The number of rotatable bonds is 4. The van der Waals surface area contributed by atoms with Crippen LogP contribution in [-0.4, -0.2) is 16.7 Å². The normalized spacial score (nSPS) is 11.3. The molecule has 114 valence electrons. The third kappa shape index (κ3) is 3.86. The third-order valence-electron chi connectivity index (χ3n) is 3.22. The molecule has 2 aromatic carbocycles. The van der Waals surface area contributed by atoms with Crippen LogP contribution in [0.5, 0.6) is 5.75 Å². The van der Waals surface area contributed by atoms with Crippen molar-refractivity contribution in [1.29, 1.82) is 0 Å². The van der Waals surface area contributed by atoms with Crippen LogP contribution < -0.4 is 5.43 Å². The number of aryl methyl sites for hydroxylation is 1. The fourth-order valence-corrected chi connectivity index (χ4v) is 2.13. The van der Waals surface area contributed by atoms with E-state index < -0.39 is 5.91 Å². The lowest BCUT2D eigenvalue weighted by Gasteiger charge is -2.07. The zero-order chi connectivity index (χ0) is 16.1. The van der Waals surface area contributed by atoms with Crippen molar-refractivity contribution in [2.24, 2.45) is 5.10 Å². The summed E-state index contributed by atoms with van der Waals surface area (Å²) in [5, 5.41) is 14.2. The molecule has 0 atom stereocenters. The van der Waals surface area contributed by atoms with Gasteiger partial charge in [0, 0.05) is 5.02 Å². The average Bonchev–Trinajstić information content (AvgIpc) is 2.51. The fraction of sp³-hybridized carbons (Fsp3) is 0.176. The zero-order valence-electron chi connectivity index (χ0n) is 12.4. The van der Waals surface area contributed by atoms with Crippen LogP contribution in [0.2, 0.25) is 5.02 Å². The van der Waals surface area contributed by atoms with Crippen LogP contribution >= 0.6 is 11.6 Å². The number of amides is 1. The van der Waals surface area contributed by atoms with Gasteiger partial charge in [0.05, 0.1) is 11.3 Å². The number of hydrogen-bond acceptors (Lipinski definition) is 3. The molecule has 0 spiro atoms. The molecule has 2 aromatic rings. The van der Waals surface area contributed by atoms with Gasteiger partial charge in [0.2, 0.25) is 0 Å². The van der Waals surface area contributed by atoms with Crippen LogP contribution in [0.1, 0.15) is 34.8 Å². The number of halogens is 1. The van der Waals surface area contributed by atoms with Crippen LogP contribution in [0.4, 0.5) is 0 Å². The molecule has 0 radical (unpaired) electrons. The Labute approximate surface area is 134 Å². The number of hydrazone groups is 1. The molecule has 5 heteroatoms. The van der Waals surface area contributed by atoms with E-state index in [1.54, 1.807) is 0 Å². The molecule has 0 unspecified atom stereocenters. The molecule has 0 bridgehead atoms. The molecular formula is C17H17ClN2O2. The van der Waals surface area contributed by atoms with Crippen LogP contribution in [0.15, 0.2) is 47.6 Å². The first-order valence-corrected chi connectivity index (χ1v) is 7.31. The molecule has 2 N–H and O–H groups in total.